The summed E-state index contributed by atoms with van der Waals surface area (Å²) in [7, 11) is -1.53. The van der Waals surface area contributed by atoms with Crippen molar-refractivity contribution < 1.29 is 8.85 Å². The van der Waals surface area contributed by atoms with E-state index in [1.807, 2.05) is 20.1 Å². The SMILES string of the molecule is CCO[SiH](OCC)C(C)CCN=Cc1ccc(C)cc1. The highest BCUT2D eigenvalue weighted by Crippen LogP contribution is 2.16. The van der Waals surface area contributed by atoms with Crippen LogP contribution in [0.5, 0.6) is 0 Å². The molecule has 0 N–H and O–H groups in total. The number of nitrogens with zero attached hydrogens (tertiary/aromatic N) is 1. The third kappa shape index (κ3) is 6.46. The minimum Gasteiger partial charge on any atom is -0.397 e. The minimum atomic E-state index is -1.53. The lowest BCUT2D eigenvalue weighted by Gasteiger charge is -2.20. The van der Waals surface area contributed by atoms with Gasteiger partial charge in [0, 0.05) is 26.0 Å². The summed E-state index contributed by atoms with van der Waals surface area (Å²) >= 11 is 0. The highest BCUT2D eigenvalue weighted by Gasteiger charge is 2.20. The van der Waals surface area contributed by atoms with E-state index < -0.39 is 9.28 Å². The van der Waals surface area contributed by atoms with E-state index in [1.165, 1.54) is 5.56 Å². The highest BCUT2D eigenvalue weighted by atomic mass is 28.3. The summed E-state index contributed by atoms with van der Waals surface area (Å²) in [4.78, 5) is 4.50. The molecule has 1 rings (SSSR count). The van der Waals surface area contributed by atoms with E-state index in [2.05, 4.69) is 43.1 Å². The molecule has 0 aliphatic rings. The fourth-order valence-corrected chi connectivity index (χ4v) is 3.77. The van der Waals surface area contributed by atoms with Gasteiger partial charge in [0.25, 0.3) is 0 Å². The summed E-state index contributed by atoms with van der Waals surface area (Å²) in [5.74, 6) is 0. The molecule has 0 bridgehead atoms. The second-order valence-electron chi connectivity index (χ2n) is 4.99. The normalized spacial score (nSPS) is 13.2. The molecule has 0 spiro atoms. The number of rotatable bonds is 9. The Kier molecular flexibility index (Phi) is 8.42. The molecule has 0 aromatic heterocycles. The number of aliphatic imine (C=N–C) groups is 1. The van der Waals surface area contributed by atoms with Crippen LogP contribution < -0.4 is 0 Å². The van der Waals surface area contributed by atoms with Gasteiger partial charge >= 0.3 is 9.28 Å². The molecule has 1 unspecified atom stereocenters. The van der Waals surface area contributed by atoms with Gasteiger partial charge in [0.2, 0.25) is 0 Å². The van der Waals surface area contributed by atoms with Gasteiger partial charge < -0.3 is 8.85 Å². The Morgan fingerprint density at radius 3 is 2.30 bits per heavy atom. The van der Waals surface area contributed by atoms with Crippen LogP contribution in [0.25, 0.3) is 0 Å². The summed E-state index contributed by atoms with van der Waals surface area (Å²) in [6.07, 6.45) is 2.98. The van der Waals surface area contributed by atoms with E-state index in [-0.39, 0.29) is 0 Å². The zero-order valence-electron chi connectivity index (χ0n) is 13.1. The van der Waals surface area contributed by atoms with E-state index in [1.54, 1.807) is 0 Å². The molecule has 4 heteroatoms. The molecule has 1 aromatic rings. The lowest BCUT2D eigenvalue weighted by atomic mass is 10.2. The van der Waals surface area contributed by atoms with Crippen LogP contribution in [-0.2, 0) is 8.85 Å². The van der Waals surface area contributed by atoms with E-state index >= 15 is 0 Å². The standard InChI is InChI=1S/C16H27NO2Si/c1-5-18-20(19-6-2)15(4)11-12-17-13-16-9-7-14(3)8-10-16/h7-10,13,15,20H,5-6,11-12H2,1-4H3. The molecule has 0 saturated carbocycles. The molecule has 112 valence electrons. The van der Waals surface area contributed by atoms with Crippen LogP contribution >= 0.6 is 0 Å². The van der Waals surface area contributed by atoms with E-state index in [0.29, 0.717) is 5.54 Å². The number of benzene rings is 1. The predicted molar refractivity (Wildman–Crippen MR) is 88.1 cm³/mol. The van der Waals surface area contributed by atoms with E-state index in [0.717, 1.165) is 31.7 Å². The Bertz CT molecular complexity index is 386. The summed E-state index contributed by atoms with van der Waals surface area (Å²) in [6.45, 7) is 10.7. The molecule has 0 aliphatic carbocycles. The maximum Gasteiger partial charge on any atom is 0.324 e. The molecule has 0 saturated heterocycles. The third-order valence-electron chi connectivity index (χ3n) is 3.16. The topological polar surface area (TPSA) is 30.8 Å². The second kappa shape index (κ2) is 9.86. The Morgan fingerprint density at radius 2 is 1.75 bits per heavy atom. The Hall–Kier alpha value is -0.973. The van der Waals surface area contributed by atoms with Gasteiger partial charge in [-0.25, -0.2) is 0 Å². The first kappa shape index (κ1) is 17.1. The first-order chi connectivity index (χ1) is 9.67. The van der Waals surface area contributed by atoms with Crippen molar-refractivity contribution in [2.24, 2.45) is 4.99 Å². The number of hydrogen-bond acceptors (Lipinski definition) is 3. The molecule has 0 radical (unpaired) electrons. The monoisotopic (exact) mass is 293 g/mol. The molecule has 0 amide bonds. The van der Waals surface area contributed by atoms with Crippen LogP contribution in [0.4, 0.5) is 0 Å². The number of hydrogen-bond donors (Lipinski definition) is 0. The quantitative estimate of drug-likeness (QED) is 0.515. The fourth-order valence-electron chi connectivity index (χ4n) is 1.94. The fraction of sp³-hybridized carbons (Fsp3) is 0.562. The molecular formula is C16H27NO2Si. The van der Waals surface area contributed by atoms with Crippen LogP contribution in [0.2, 0.25) is 5.54 Å². The van der Waals surface area contributed by atoms with Crippen molar-refractivity contribution in [2.75, 3.05) is 19.8 Å². The van der Waals surface area contributed by atoms with Gasteiger partial charge in [-0.3, -0.25) is 4.99 Å². The van der Waals surface area contributed by atoms with Crippen LogP contribution in [0, 0.1) is 6.92 Å². The number of aryl methyl sites for hydroxylation is 1. The average Bonchev–Trinajstić information content (AvgIpc) is 2.45. The molecule has 1 atom stereocenters. The third-order valence-corrected chi connectivity index (χ3v) is 5.74. The van der Waals surface area contributed by atoms with Crippen LogP contribution in [0.3, 0.4) is 0 Å². The summed E-state index contributed by atoms with van der Waals surface area (Å²) in [5.41, 5.74) is 2.93. The lowest BCUT2D eigenvalue weighted by molar-refractivity contribution is 0.204. The van der Waals surface area contributed by atoms with Crippen molar-refractivity contribution in [3.8, 4) is 0 Å². The molecule has 3 nitrogen and oxygen atoms in total. The Balaban J connectivity index is 2.36. The first-order valence-corrected chi connectivity index (χ1v) is 9.08. The van der Waals surface area contributed by atoms with Crippen LogP contribution in [0.1, 0.15) is 38.3 Å². The maximum absolute atomic E-state index is 5.74. The van der Waals surface area contributed by atoms with Gasteiger partial charge in [-0.1, -0.05) is 36.8 Å². The van der Waals surface area contributed by atoms with E-state index in [9.17, 15) is 0 Å². The predicted octanol–water partition coefficient (Wildman–Crippen LogP) is 3.49. The van der Waals surface area contributed by atoms with Gasteiger partial charge in [0.1, 0.15) is 0 Å². The Labute approximate surface area is 124 Å². The van der Waals surface area contributed by atoms with Gasteiger partial charge in [0.15, 0.2) is 0 Å². The highest BCUT2D eigenvalue weighted by molar-refractivity contribution is 6.46. The van der Waals surface area contributed by atoms with Crippen molar-refractivity contribution in [2.45, 2.75) is 39.7 Å². The van der Waals surface area contributed by atoms with Gasteiger partial charge in [0.05, 0.1) is 0 Å². The van der Waals surface area contributed by atoms with Gasteiger partial charge in [-0.05, 0) is 38.3 Å². The van der Waals surface area contributed by atoms with Crippen LogP contribution in [-0.4, -0.2) is 35.3 Å². The average molecular weight is 293 g/mol. The smallest absolute Gasteiger partial charge is 0.324 e. The molecule has 20 heavy (non-hydrogen) atoms. The summed E-state index contributed by atoms with van der Waals surface area (Å²) in [5, 5.41) is 0. The van der Waals surface area contributed by atoms with Crippen molar-refractivity contribution >= 4 is 15.5 Å². The molecular weight excluding hydrogens is 266 g/mol. The van der Waals surface area contributed by atoms with Crippen molar-refractivity contribution in [1.29, 1.82) is 0 Å². The lowest BCUT2D eigenvalue weighted by Crippen LogP contribution is -2.28. The van der Waals surface area contributed by atoms with E-state index in [4.69, 9.17) is 8.85 Å². The molecule has 0 aliphatic heterocycles. The van der Waals surface area contributed by atoms with Crippen molar-refractivity contribution in [3.05, 3.63) is 35.4 Å². The first-order valence-electron chi connectivity index (χ1n) is 7.47. The van der Waals surface area contributed by atoms with Gasteiger partial charge in [-0.15, -0.1) is 0 Å². The van der Waals surface area contributed by atoms with Crippen LogP contribution in [0.15, 0.2) is 29.3 Å². The second-order valence-corrected chi connectivity index (χ2v) is 7.53. The Morgan fingerprint density at radius 1 is 1.15 bits per heavy atom. The van der Waals surface area contributed by atoms with Crippen molar-refractivity contribution in [1.82, 2.24) is 0 Å². The van der Waals surface area contributed by atoms with Crippen molar-refractivity contribution in [3.63, 3.8) is 0 Å². The molecule has 0 fully saturated rings. The zero-order valence-corrected chi connectivity index (χ0v) is 14.3. The largest absolute Gasteiger partial charge is 0.397 e. The summed E-state index contributed by atoms with van der Waals surface area (Å²) < 4.78 is 11.5. The maximum atomic E-state index is 5.74. The summed E-state index contributed by atoms with van der Waals surface area (Å²) in [6, 6.07) is 8.41. The molecule has 0 heterocycles. The minimum absolute atomic E-state index is 0.491. The zero-order chi connectivity index (χ0) is 14.8. The molecule has 1 aromatic carbocycles. The van der Waals surface area contributed by atoms with Gasteiger partial charge in [-0.2, -0.15) is 0 Å².